The summed E-state index contributed by atoms with van der Waals surface area (Å²) >= 11 is 0. The van der Waals surface area contributed by atoms with Gasteiger partial charge in [-0.2, -0.15) is 0 Å². The highest BCUT2D eigenvalue weighted by Crippen LogP contribution is 2.76. The SMILES string of the molecule is CC(=O)O[C@H]1CC[C@]2(C)[C@H]3CC[C@]4(C)C(=CC[C@@]5(C(C)C)CC[C@H](C)[C@H]54)[C@]3(C)CC[C@H]2C1(C)C. The van der Waals surface area contributed by atoms with E-state index in [0.29, 0.717) is 27.6 Å². The van der Waals surface area contributed by atoms with Crippen molar-refractivity contribution in [2.24, 2.45) is 56.7 Å². The molecule has 0 aromatic rings. The largest absolute Gasteiger partial charge is 0.462 e. The molecule has 5 rings (SSSR count). The number of carbonyl (C=O) groups is 1. The summed E-state index contributed by atoms with van der Waals surface area (Å²) < 4.78 is 5.91. The van der Waals surface area contributed by atoms with Crippen LogP contribution in [0.25, 0.3) is 0 Å². The molecule has 0 amide bonds. The molecule has 0 aromatic carbocycles. The molecule has 192 valence electrons. The van der Waals surface area contributed by atoms with E-state index in [0.717, 1.165) is 30.1 Å². The molecule has 0 saturated heterocycles. The highest BCUT2D eigenvalue weighted by Gasteiger charge is 2.68. The number of ether oxygens (including phenoxy) is 1. The zero-order valence-corrected chi connectivity index (χ0v) is 23.7. The minimum absolute atomic E-state index is 0.0501. The first-order valence-corrected chi connectivity index (χ1v) is 14.6. The van der Waals surface area contributed by atoms with Crippen molar-refractivity contribution in [3.8, 4) is 0 Å². The summed E-state index contributed by atoms with van der Waals surface area (Å²) in [7, 11) is 0. The Morgan fingerprint density at radius 3 is 2.21 bits per heavy atom. The summed E-state index contributed by atoms with van der Waals surface area (Å²) in [4.78, 5) is 11.9. The Kier molecular flexibility index (Phi) is 5.57. The summed E-state index contributed by atoms with van der Waals surface area (Å²) in [6, 6.07) is 0. The molecule has 5 aliphatic carbocycles. The van der Waals surface area contributed by atoms with Gasteiger partial charge in [-0.15, -0.1) is 0 Å². The molecule has 0 spiro atoms. The maximum atomic E-state index is 11.9. The third-order valence-electron chi connectivity index (χ3n) is 13.3. The van der Waals surface area contributed by atoms with E-state index in [-0.39, 0.29) is 17.5 Å². The van der Waals surface area contributed by atoms with Crippen LogP contribution in [-0.4, -0.2) is 12.1 Å². The number of allylic oxidation sites excluding steroid dienone is 2. The molecule has 2 nitrogen and oxygen atoms in total. The molecule has 4 fully saturated rings. The molecule has 2 heteroatoms. The molecule has 34 heavy (non-hydrogen) atoms. The molecule has 0 unspecified atom stereocenters. The lowest BCUT2D eigenvalue weighted by Gasteiger charge is -2.69. The van der Waals surface area contributed by atoms with Crippen LogP contribution in [0.3, 0.4) is 0 Å². The maximum absolute atomic E-state index is 11.9. The fraction of sp³-hybridized carbons (Fsp3) is 0.906. The molecular formula is C32H52O2. The minimum atomic E-state index is -0.109. The predicted octanol–water partition coefficient (Wildman–Crippen LogP) is 8.60. The van der Waals surface area contributed by atoms with E-state index in [4.69, 9.17) is 4.74 Å². The molecule has 0 bridgehead atoms. The zero-order chi connectivity index (χ0) is 24.9. The van der Waals surface area contributed by atoms with Crippen molar-refractivity contribution in [1.82, 2.24) is 0 Å². The summed E-state index contributed by atoms with van der Waals surface area (Å²) in [6.07, 6.45) is 14.6. The van der Waals surface area contributed by atoms with Gasteiger partial charge in [0.25, 0.3) is 0 Å². The number of fused-ring (bicyclic) bond motifs is 7. The van der Waals surface area contributed by atoms with E-state index in [9.17, 15) is 4.79 Å². The second-order valence-corrected chi connectivity index (χ2v) is 15.2. The molecule has 0 heterocycles. The summed E-state index contributed by atoms with van der Waals surface area (Å²) in [5.74, 6) is 3.74. The van der Waals surface area contributed by atoms with Gasteiger partial charge >= 0.3 is 5.97 Å². The van der Waals surface area contributed by atoms with Gasteiger partial charge in [0.2, 0.25) is 0 Å². The standard InChI is InChI=1S/C32H52O2/c1-20(2)32-18-10-21(3)27(32)31(9)16-12-24-29(7)17-14-26(34-22(4)33)28(5,6)23(29)11-15-30(24,8)25(31)13-19-32/h13,20-21,23-24,26-27H,10-12,14-19H2,1-9H3/t21-,23-,24+,26-,27-,29-,30+,31+,32+/m0/s1. The lowest BCUT2D eigenvalue weighted by atomic mass is 9.35. The van der Waals surface area contributed by atoms with Crippen molar-refractivity contribution in [3.63, 3.8) is 0 Å². The van der Waals surface area contributed by atoms with Crippen molar-refractivity contribution < 1.29 is 9.53 Å². The van der Waals surface area contributed by atoms with E-state index in [1.807, 2.05) is 5.57 Å². The van der Waals surface area contributed by atoms with Crippen LogP contribution in [0.15, 0.2) is 11.6 Å². The van der Waals surface area contributed by atoms with E-state index >= 15 is 0 Å². The fourth-order valence-electron chi connectivity index (χ4n) is 12.0. The summed E-state index contributed by atoms with van der Waals surface area (Å²) in [5, 5.41) is 0. The monoisotopic (exact) mass is 468 g/mol. The van der Waals surface area contributed by atoms with Crippen molar-refractivity contribution in [1.29, 1.82) is 0 Å². The van der Waals surface area contributed by atoms with Crippen molar-refractivity contribution >= 4 is 5.97 Å². The normalized spacial score (nSPS) is 51.6. The lowest BCUT2D eigenvalue weighted by Crippen LogP contribution is -2.63. The number of carbonyl (C=O) groups excluding carboxylic acids is 1. The summed E-state index contributed by atoms with van der Waals surface area (Å²) in [5.41, 5.74) is 3.47. The van der Waals surface area contributed by atoms with Crippen LogP contribution in [-0.2, 0) is 9.53 Å². The second-order valence-electron chi connectivity index (χ2n) is 15.2. The van der Waals surface area contributed by atoms with E-state index in [1.54, 1.807) is 6.92 Å². The van der Waals surface area contributed by atoms with Gasteiger partial charge in [0.05, 0.1) is 0 Å². The number of esters is 1. The first kappa shape index (κ1) is 24.9. The van der Waals surface area contributed by atoms with Crippen LogP contribution >= 0.6 is 0 Å². The van der Waals surface area contributed by atoms with Crippen LogP contribution in [0.1, 0.15) is 120 Å². The Morgan fingerprint density at radius 1 is 0.912 bits per heavy atom. The summed E-state index contributed by atoms with van der Waals surface area (Å²) in [6.45, 7) is 22.0. The third kappa shape index (κ3) is 3.01. The van der Waals surface area contributed by atoms with E-state index in [2.05, 4.69) is 61.5 Å². The molecular weight excluding hydrogens is 416 g/mol. The van der Waals surface area contributed by atoms with E-state index < -0.39 is 0 Å². The predicted molar refractivity (Wildman–Crippen MR) is 140 cm³/mol. The first-order chi connectivity index (χ1) is 15.7. The van der Waals surface area contributed by atoms with Crippen LogP contribution in [0.2, 0.25) is 0 Å². The zero-order valence-electron chi connectivity index (χ0n) is 23.7. The van der Waals surface area contributed by atoms with Crippen molar-refractivity contribution in [3.05, 3.63) is 11.6 Å². The average molecular weight is 469 g/mol. The Bertz CT molecular complexity index is 883. The van der Waals surface area contributed by atoms with Gasteiger partial charge in [-0.05, 0) is 109 Å². The number of hydrogen-bond donors (Lipinski definition) is 0. The highest BCUT2D eigenvalue weighted by atomic mass is 16.5. The first-order valence-electron chi connectivity index (χ1n) is 14.6. The van der Waals surface area contributed by atoms with Crippen LogP contribution < -0.4 is 0 Å². The molecule has 0 aromatic heterocycles. The van der Waals surface area contributed by atoms with Crippen molar-refractivity contribution in [2.45, 2.75) is 126 Å². The fourth-order valence-corrected chi connectivity index (χ4v) is 12.0. The number of rotatable bonds is 2. The molecule has 0 N–H and O–H groups in total. The van der Waals surface area contributed by atoms with Gasteiger partial charge in [0, 0.05) is 12.3 Å². The third-order valence-corrected chi connectivity index (χ3v) is 13.3. The Labute approximate surface area is 210 Å². The van der Waals surface area contributed by atoms with Gasteiger partial charge < -0.3 is 4.74 Å². The molecule has 0 aliphatic heterocycles. The lowest BCUT2D eigenvalue weighted by molar-refractivity contribution is -0.198. The number of hydrogen-bond acceptors (Lipinski definition) is 2. The maximum Gasteiger partial charge on any atom is 0.302 e. The topological polar surface area (TPSA) is 26.3 Å². The molecule has 0 radical (unpaired) electrons. The average Bonchev–Trinajstić information content (AvgIpc) is 3.09. The highest BCUT2D eigenvalue weighted by molar-refractivity contribution is 5.66. The Balaban J connectivity index is 1.53. The van der Waals surface area contributed by atoms with Crippen LogP contribution in [0.4, 0.5) is 0 Å². The molecule has 4 saturated carbocycles. The van der Waals surface area contributed by atoms with Gasteiger partial charge in [0.1, 0.15) is 6.10 Å². The van der Waals surface area contributed by atoms with Crippen molar-refractivity contribution in [2.75, 3.05) is 0 Å². The van der Waals surface area contributed by atoms with Crippen LogP contribution in [0, 0.1) is 56.7 Å². The Hall–Kier alpha value is -0.790. The second kappa shape index (κ2) is 7.61. The smallest absolute Gasteiger partial charge is 0.302 e. The minimum Gasteiger partial charge on any atom is -0.462 e. The quantitative estimate of drug-likeness (QED) is 0.299. The van der Waals surface area contributed by atoms with Gasteiger partial charge in [0.15, 0.2) is 0 Å². The Morgan fingerprint density at radius 2 is 1.56 bits per heavy atom. The molecule has 9 atom stereocenters. The van der Waals surface area contributed by atoms with E-state index in [1.165, 1.54) is 51.4 Å². The van der Waals surface area contributed by atoms with Gasteiger partial charge in [-0.1, -0.05) is 67.0 Å². The van der Waals surface area contributed by atoms with Gasteiger partial charge in [-0.25, -0.2) is 0 Å². The van der Waals surface area contributed by atoms with Crippen LogP contribution in [0.5, 0.6) is 0 Å². The molecule has 5 aliphatic rings. The van der Waals surface area contributed by atoms with Gasteiger partial charge in [-0.3, -0.25) is 4.79 Å².